The van der Waals surface area contributed by atoms with Crippen molar-refractivity contribution in [3.63, 3.8) is 0 Å². The van der Waals surface area contributed by atoms with E-state index in [2.05, 4.69) is 18.9 Å². The Balaban J connectivity index is 1.92. The lowest BCUT2D eigenvalue weighted by Gasteiger charge is -2.15. The van der Waals surface area contributed by atoms with E-state index in [1.54, 1.807) is 0 Å². The molecule has 1 aromatic rings. The molecule has 0 aliphatic carbocycles. The highest BCUT2D eigenvalue weighted by Crippen LogP contribution is 2.27. The van der Waals surface area contributed by atoms with E-state index in [0.717, 1.165) is 17.9 Å². The van der Waals surface area contributed by atoms with Crippen molar-refractivity contribution >= 4 is 11.8 Å². The second kappa shape index (κ2) is 5.23. The number of aliphatic hydroxyl groups is 1. The maximum absolute atomic E-state index is 10.1. The summed E-state index contributed by atoms with van der Waals surface area (Å²) in [6.45, 7) is 4.22. The van der Waals surface area contributed by atoms with Gasteiger partial charge in [-0.25, -0.2) is 0 Å². The van der Waals surface area contributed by atoms with Crippen LogP contribution >= 0.6 is 11.8 Å². The zero-order chi connectivity index (χ0) is 11.5. The molecule has 0 saturated carbocycles. The van der Waals surface area contributed by atoms with Crippen LogP contribution in [0.4, 0.5) is 0 Å². The first kappa shape index (κ1) is 12.0. The lowest BCUT2D eigenvalue weighted by Crippen LogP contribution is -2.22. The van der Waals surface area contributed by atoms with Gasteiger partial charge in [-0.15, -0.1) is 0 Å². The van der Waals surface area contributed by atoms with E-state index in [1.165, 1.54) is 5.75 Å². The van der Waals surface area contributed by atoms with Gasteiger partial charge in [0.15, 0.2) is 0 Å². The number of rotatable bonds is 4. The van der Waals surface area contributed by atoms with Crippen LogP contribution in [0.1, 0.15) is 32.0 Å². The molecule has 90 valence electrons. The first-order chi connectivity index (χ1) is 7.66. The van der Waals surface area contributed by atoms with E-state index in [0.29, 0.717) is 18.4 Å². The van der Waals surface area contributed by atoms with Crippen LogP contribution in [0.2, 0.25) is 0 Å². The molecule has 0 amide bonds. The molecule has 4 heteroatoms. The van der Waals surface area contributed by atoms with Crippen molar-refractivity contribution in [2.75, 3.05) is 11.5 Å². The monoisotopic (exact) mass is 240 g/mol. The van der Waals surface area contributed by atoms with Gasteiger partial charge in [0.05, 0.1) is 11.8 Å². The number of thioether (sulfide) groups is 1. The lowest BCUT2D eigenvalue weighted by molar-refractivity contribution is 0.119. The van der Waals surface area contributed by atoms with Crippen molar-refractivity contribution in [2.45, 2.75) is 38.8 Å². The predicted molar refractivity (Wildman–Crippen MR) is 67.8 cm³/mol. The van der Waals surface area contributed by atoms with Gasteiger partial charge in [-0.3, -0.25) is 4.68 Å². The van der Waals surface area contributed by atoms with Crippen molar-refractivity contribution in [1.29, 1.82) is 0 Å². The number of nitrogens with zero attached hydrogens (tertiary/aromatic N) is 2. The molecule has 1 aliphatic rings. The standard InChI is InChI=1S/C12H20N2OS/c1-9(2)14-5-3-11(13-14)7-12(15)10-4-6-16-8-10/h3,5,9-10,12,15H,4,6-8H2,1-2H3. The summed E-state index contributed by atoms with van der Waals surface area (Å²) in [5.74, 6) is 2.77. The molecule has 1 aliphatic heterocycles. The van der Waals surface area contributed by atoms with Crippen molar-refractivity contribution in [3.8, 4) is 0 Å². The highest BCUT2D eigenvalue weighted by molar-refractivity contribution is 7.99. The topological polar surface area (TPSA) is 38.0 Å². The molecular formula is C12H20N2OS. The quantitative estimate of drug-likeness (QED) is 0.876. The van der Waals surface area contributed by atoms with Gasteiger partial charge in [-0.05, 0) is 43.8 Å². The van der Waals surface area contributed by atoms with Crippen LogP contribution in [0.3, 0.4) is 0 Å². The molecule has 1 fully saturated rings. The normalized spacial score (nSPS) is 22.9. The Morgan fingerprint density at radius 1 is 1.62 bits per heavy atom. The van der Waals surface area contributed by atoms with Gasteiger partial charge in [0.1, 0.15) is 0 Å². The molecule has 0 bridgehead atoms. The van der Waals surface area contributed by atoms with Crippen LogP contribution in [0.5, 0.6) is 0 Å². The average molecular weight is 240 g/mol. The fourth-order valence-electron chi connectivity index (χ4n) is 2.01. The van der Waals surface area contributed by atoms with Gasteiger partial charge in [0, 0.05) is 18.7 Å². The molecule has 0 radical (unpaired) electrons. The number of hydrogen-bond donors (Lipinski definition) is 1. The first-order valence-electron chi connectivity index (χ1n) is 5.96. The van der Waals surface area contributed by atoms with Crippen molar-refractivity contribution < 1.29 is 5.11 Å². The second-order valence-corrected chi connectivity index (χ2v) is 5.93. The summed E-state index contributed by atoms with van der Waals surface area (Å²) in [5, 5.41) is 14.6. The zero-order valence-corrected chi connectivity index (χ0v) is 10.8. The Hall–Kier alpha value is -0.480. The van der Waals surface area contributed by atoms with Gasteiger partial charge < -0.3 is 5.11 Å². The molecule has 0 spiro atoms. The van der Waals surface area contributed by atoms with E-state index < -0.39 is 0 Å². The van der Waals surface area contributed by atoms with Crippen LogP contribution < -0.4 is 0 Å². The first-order valence-corrected chi connectivity index (χ1v) is 7.12. The fraction of sp³-hybridized carbons (Fsp3) is 0.750. The minimum Gasteiger partial charge on any atom is -0.392 e. The number of hydrogen-bond acceptors (Lipinski definition) is 3. The molecule has 2 unspecified atom stereocenters. The third-order valence-electron chi connectivity index (χ3n) is 3.12. The highest BCUT2D eigenvalue weighted by atomic mass is 32.2. The van der Waals surface area contributed by atoms with E-state index in [-0.39, 0.29) is 6.10 Å². The Kier molecular flexibility index (Phi) is 3.92. The van der Waals surface area contributed by atoms with Crippen molar-refractivity contribution in [3.05, 3.63) is 18.0 Å². The molecule has 1 N–H and O–H groups in total. The molecule has 16 heavy (non-hydrogen) atoms. The summed E-state index contributed by atoms with van der Waals surface area (Å²) in [7, 11) is 0. The minimum atomic E-state index is -0.217. The summed E-state index contributed by atoms with van der Waals surface area (Å²) in [4.78, 5) is 0. The zero-order valence-electron chi connectivity index (χ0n) is 9.97. The SMILES string of the molecule is CC(C)n1ccc(CC(O)C2CCSC2)n1. The molecular weight excluding hydrogens is 220 g/mol. The Labute approximate surface area is 101 Å². The van der Waals surface area contributed by atoms with Crippen molar-refractivity contribution in [2.24, 2.45) is 5.92 Å². The summed E-state index contributed by atoms with van der Waals surface area (Å²) in [5.41, 5.74) is 1.01. The third-order valence-corrected chi connectivity index (χ3v) is 4.31. The molecule has 2 atom stereocenters. The Morgan fingerprint density at radius 3 is 3.00 bits per heavy atom. The molecule has 1 saturated heterocycles. The summed E-state index contributed by atoms with van der Waals surface area (Å²) >= 11 is 1.95. The minimum absolute atomic E-state index is 0.217. The van der Waals surface area contributed by atoms with Crippen molar-refractivity contribution in [1.82, 2.24) is 9.78 Å². The summed E-state index contributed by atoms with van der Waals surface area (Å²) in [6.07, 6.45) is 3.63. The van der Waals surface area contributed by atoms with E-state index in [1.807, 2.05) is 28.7 Å². The predicted octanol–water partition coefficient (Wildman–Crippen LogP) is 2.12. The maximum atomic E-state index is 10.1. The van der Waals surface area contributed by atoms with E-state index >= 15 is 0 Å². The van der Waals surface area contributed by atoms with Crippen LogP contribution in [0, 0.1) is 5.92 Å². The molecule has 3 nitrogen and oxygen atoms in total. The van der Waals surface area contributed by atoms with Crippen LogP contribution in [0.25, 0.3) is 0 Å². The maximum Gasteiger partial charge on any atom is 0.0650 e. The summed E-state index contributed by atoms with van der Waals surface area (Å²) < 4.78 is 1.95. The molecule has 2 rings (SSSR count). The second-order valence-electron chi connectivity index (χ2n) is 4.78. The van der Waals surface area contributed by atoms with Crippen LogP contribution in [-0.4, -0.2) is 32.5 Å². The summed E-state index contributed by atoms with van der Waals surface area (Å²) in [6, 6.07) is 2.42. The van der Waals surface area contributed by atoms with E-state index in [9.17, 15) is 5.11 Å². The molecule has 0 aromatic carbocycles. The van der Waals surface area contributed by atoms with Crippen LogP contribution in [-0.2, 0) is 6.42 Å². The fourth-order valence-corrected chi connectivity index (χ4v) is 3.34. The largest absolute Gasteiger partial charge is 0.392 e. The number of aliphatic hydroxyl groups excluding tert-OH is 1. The van der Waals surface area contributed by atoms with Gasteiger partial charge in [-0.1, -0.05) is 0 Å². The van der Waals surface area contributed by atoms with Gasteiger partial charge in [0.25, 0.3) is 0 Å². The van der Waals surface area contributed by atoms with Crippen LogP contribution in [0.15, 0.2) is 12.3 Å². The Bertz CT molecular complexity index is 332. The average Bonchev–Trinajstić information content (AvgIpc) is 2.87. The van der Waals surface area contributed by atoms with Gasteiger partial charge in [-0.2, -0.15) is 16.9 Å². The van der Waals surface area contributed by atoms with Gasteiger partial charge in [0.2, 0.25) is 0 Å². The highest BCUT2D eigenvalue weighted by Gasteiger charge is 2.24. The smallest absolute Gasteiger partial charge is 0.0650 e. The lowest BCUT2D eigenvalue weighted by atomic mass is 9.98. The van der Waals surface area contributed by atoms with E-state index in [4.69, 9.17) is 0 Å². The molecule has 1 aromatic heterocycles. The van der Waals surface area contributed by atoms with Gasteiger partial charge >= 0.3 is 0 Å². The number of aromatic nitrogens is 2. The third kappa shape index (κ3) is 2.80. The Morgan fingerprint density at radius 2 is 2.44 bits per heavy atom. The molecule has 2 heterocycles.